The van der Waals surface area contributed by atoms with E-state index in [1.807, 2.05) is 11.4 Å². The van der Waals surface area contributed by atoms with E-state index in [1.165, 1.54) is 12.8 Å². The maximum Gasteiger partial charge on any atom is 0.157 e. The molecule has 0 amide bonds. The first-order valence-electron chi connectivity index (χ1n) is 6.18. The summed E-state index contributed by atoms with van der Waals surface area (Å²) in [6, 6.07) is 1.94. The van der Waals surface area contributed by atoms with Crippen LogP contribution in [0, 0.1) is 5.92 Å². The predicted octanol–water partition coefficient (Wildman–Crippen LogP) is 4.30. The second kappa shape index (κ2) is 6.45. The topological polar surface area (TPSA) is 35.0 Å². The van der Waals surface area contributed by atoms with Crippen LogP contribution in [0.3, 0.4) is 0 Å². The van der Waals surface area contributed by atoms with Gasteiger partial charge < -0.3 is 4.74 Å². The summed E-state index contributed by atoms with van der Waals surface area (Å²) in [5.74, 6) is 1.24. The molecule has 0 saturated heterocycles. The SMILES string of the molecule is CCCC(C)COCc1nc(Cl)c2ccsc2n1. The van der Waals surface area contributed by atoms with Gasteiger partial charge in [0.2, 0.25) is 0 Å². The summed E-state index contributed by atoms with van der Waals surface area (Å²) < 4.78 is 5.64. The maximum atomic E-state index is 6.09. The van der Waals surface area contributed by atoms with Gasteiger partial charge in [-0.1, -0.05) is 31.9 Å². The molecule has 0 spiro atoms. The largest absolute Gasteiger partial charge is 0.373 e. The summed E-state index contributed by atoms with van der Waals surface area (Å²) in [7, 11) is 0. The lowest BCUT2D eigenvalue weighted by atomic mass is 10.1. The van der Waals surface area contributed by atoms with Gasteiger partial charge in [0.1, 0.15) is 16.6 Å². The van der Waals surface area contributed by atoms with Gasteiger partial charge in [-0.15, -0.1) is 11.3 Å². The molecule has 3 nitrogen and oxygen atoms in total. The Morgan fingerprint density at radius 1 is 1.44 bits per heavy atom. The number of hydrogen-bond acceptors (Lipinski definition) is 4. The van der Waals surface area contributed by atoms with Crippen molar-refractivity contribution in [1.82, 2.24) is 9.97 Å². The molecule has 2 rings (SSSR count). The zero-order valence-electron chi connectivity index (χ0n) is 10.6. The van der Waals surface area contributed by atoms with Crippen molar-refractivity contribution in [3.05, 3.63) is 22.4 Å². The number of ether oxygens (including phenoxy) is 1. The molecule has 0 radical (unpaired) electrons. The number of thiophene rings is 1. The third kappa shape index (κ3) is 3.40. The number of fused-ring (bicyclic) bond motifs is 1. The highest BCUT2D eigenvalue weighted by Crippen LogP contribution is 2.24. The summed E-state index contributed by atoms with van der Waals surface area (Å²) >= 11 is 7.67. The summed E-state index contributed by atoms with van der Waals surface area (Å²) in [4.78, 5) is 9.62. The first-order valence-corrected chi connectivity index (χ1v) is 7.43. The van der Waals surface area contributed by atoms with Gasteiger partial charge in [0.25, 0.3) is 0 Å². The minimum Gasteiger partial charge on any atom is -0.373 e. The molecule has 0 N–H and O–H groups in total. The van der Waals surface area contributed by atoms with E-state index in [4.69, 9.17) is 16.3 Å². The van der Waals surface area contributed by atoms with E-state index >= 15 is 0 Å². The van der Waals surface area contributed by atoms with Crippen molar-refractivity contribution >= 4 is 33.2 Å². The lowest BCUT2D eigenvalue weighted by Gasteiger charge is -2.10. The number of rotatable bonds is 6. The summed E-state index contributed by atoms with van der Waals surface area (Å²) in [6.07, 6.45) is 2.37. The predicted molar refractivity (Wildman–Crippen MR) is 76.2 cm³/mol. The van der Waals surface area contributed by atoms with Crippen LogP contribution in [-0.2, 0) is 11.3 Å². The number of halogens is 1. The molecule has 0 fully saturated rings. The standard InChI is InChI=1S/C13H17ClN2OS/c1-3-4-9(2)7-17-8-11-15-12(14)10-5-6-18-13(10)16-11/h5-6,9H,3-4,7-8H2,1-2H3. The van der Waals surface area contributed by atoms with Crippen LogP contribution in [0.5, 0.6) is 0 Å². The molecule has 0 aliphatic carbocycles. The van der Waals surface area contributed by atoms with E-state index in [0.29, 0.717) is 23.5 Å². The highest BCUT2D eigenvalue weighted by Gasteiger charge is 2.08. The third-order valence-electron chi connectivity index (χ3n) is 2.74. The highest BCUT2D eigenvalue weighted by atomic mass is 35.5. The van der Waals surface area contributed by atoms with Crippen LogP contribution in [0.2, 0.25) is 5.15 Å². The van der Waals surface area contributed by atoms with E-state index in [1.54, 1.807) is 11.3 Å². The smallest absolute Gasteiger partial charge is 0.157 e. The number of aromatic nitrogens is 2. The molecular weight excluding hydrogens is 268 g/mol. The quantitative estimate of drug-likeness (QED) is 0.742. The molecule has 2 aromatic rings. The first kappa shape index (κ1) is 13.7. The summed E-state index contributed by atoms with van der Waals surface area (Å²) in [5.41, 5.74) is 0. The molecule has 2 aromatic heterocycles. The van der Waals surface area contributed by atoms with E-state index in [-0.39, 0.29) is 0 Å². The Hall–Kier alpha value is -0.710. The van der Waals surface area contributed by atoms with Crippen LogP contribution in [0.1, 0.15) is 32.5 Å². The minimum absolute atomic E-state index is 0.432. The van der Waals surface area contributed by atoms with E-state index < -0.39 is 0 Å². The monoisotopic (exact) mass is 284 g/mol. The number of hydrogen-bond donors (Lipinski definition) is 0. The normalized spacial score (nSPS) is 13.1. The fourth-order valence-electron chi connectivity index (χ4n) is 1.85. The van der Waals surface area contributed by atoms with Crippen molar-refractivity contribution in [2.24, 2.45) is 5.92 Å². The zero-order valence-corrected chi connectivity index (χ0v) is 12.2. The Balaban J connectivity index is 1.95. The summed E-state index contributed by atoms with van der Waals surface area (Å²) in [5, 5.41) is 3.41. The molecule has 1 atom stereocenters. The Morgan fingerprint density at radius 3 is 3.06 bits per heavy atom. The van der Waals surface area contributed by atoms with Crippen LogP contribution in [0.15, 0.2) is 11.4 Å². The lowest BCUT2D eigenvalue weighted by Crippen LogP contribution is -2.07. The van der Waals surface area contributed by atoms with Gasteiger partial charge in [-0.05, 0) is 23.8 Å². The Kier molecular flexibility index (Phi) is 4.92. The second-order valence-corrected chi connectivity index (χ2v) is 5.73. The van der Waals surface area contributed by atoms with Crippen molar-refractivity contribution in [2.75, 3.05) is 6.61 Å². The van der Waals surface area contributed by atoms with E-state index in [0.717, 1.165) is 16.8 Å². The maximum absolute atomic E-state index is 6.09. The van der Waals surface area contributed by atoms with Crippen LogP contribution in [0.4, 0.5) is 0 Å². The van der Waals surface area contributed by atoms with Gasteiger partial charge in [-0.3, -0.25) is 0 Å². The molecule has 2 heterocycles. The fraction of sp³-hybridized carbons (Fsp3) is 0.538. The molecule has 18 heavy (non-hydrogen) atoms. The second-order valence-electron chi connectivity index (χ2n) is 4.48. The Labute approximate surface area is 116 Å². The fourth-order valence-corrected chi connectivity index (χ4v) is 2.94. The Bertz CT molecular complexity index is 515. The van der Waals surface area contributed by atoms with Crippen molar-refractivity contribution in [2.45, 2.75) is 33.3 Å². The third-order valence-corrected chi connectivity index (χ3v) is 3.83. The van der Waals surface area contributed by atoms with Gasteiger partial charge in [0.15, 0.2) is 5.82 Å². The molecule has 1 unspecified atom stereocenters. The molecule has 0 aliphatic rings. The van der Waals surface area contributed by atoms with Gasteiger partial charge in [0.05, 0.1) is 0 Å². The van der Waals surface area contributed by atoms with Crippen LogP contribution in [-0.4, -0.2) is 16.6 Å². The van der Waals surface area contributed by atoms with Gasteiger partial charge in [0, 0.05) is 12.0 Å². The first-order chi connectivity index (χ1) is 8.70. The van der Waals surface area contributed by atoms with Gasteiger partial charge in [-0.25, -0.2) is 9.97 Å². The summed E-state index contributed by atoms with van der Waals surface area (Å²) in [6.45, 7) is 5.56. The van der Waals surface area contributed by atoms with Crippen LogP contribution < -0.4 is 0 Å². The Morgan fingerprint density at radius 2 is 2.28 bits per heavy atom. The van der Waals surface area contributed by atoms with Crippen molar-refractivity contribution in [3.8, 4) is 0 Å². The molecule has 0 aliphatic heterocycles. The number of nitrogens with zero attached hydrogens (tertiary/aromatic N) is 2. The molecule has 5 heteroatoms. The van der Waals surface area contributed by atoms with Crippen LogP contribution in [0.25, 0.3) is 10.2 Å². The van der Waals surface area contributed by atoms with E-state index in [2.05, 4.69) is 23.8 Å². The minimum atomic E-state index is 0.432. The van der Waals surface area contributed by atoms with Crippen molar-refractivity contribution < 1.29 is 4.74 Å². The molecule has 0 aromatic carbocycles. The van der Waals surface area contributed by atoms with Crippen LogP contribution >= 0.6 is 22.9 Å². The lowest BCUT2D eigenvalue weighted by molar-refractivity contribution is 0.0850. The van der Waals surface area contributed by atoms with Gasteiger partial charge in [-0.2, -0.15) is 0 Å². The van der Waals surface area contributed by atoms with E-state index in [9.17, 15) is 0 Å². The van der Waals surface area contributed by atoms with Gasteiger partial charge >= 0.3 is 0 Å². The zero-order chi connectivity index (χ0) is 13.0. The highest BCUT2D eigenvalue weighted by molar-refractivity contribution is 7.16. The van der Waals surface area contributed by atoms with Crippen molar-refractivity contribution in [1.29, 1.82) is 0 Å². The average Bonchev–Trinajstić information content (AvgIpc) is 2.78. The molecular formula is C13H17ClN2OS. The van der Waals surface area contributed by atoms with Crippen molar-refractivity contribution in [3.63, 3.8) is 0 Å². The average molecular weight is 285 g/mol. The molecule has 0 saturated carbocycles. The molecule has 0 bridgehead atoms. The molecule has 98 valence electrons.